The first-order chi connectivity index (χ1) is 13.0. The van der Waals surface area contributed by atoms with Gasteiger partial charge in [-0.2, -0.15) is 0 Å². The van der Waals surface area contributed by atoms with Crippen molar-refractivity contribution >= 4 is 28.3 Å². The molecule has 5 nitrogen and oxygen atoms in total. The molecule has 0 fully saturated rings. The molecule has 2 heterocycles. The smallest absolute Gasteiger partial charge is 0.166 e. The molecule has 3 rings (SSSR count). The molecule has 0 spiro atoms. The lowest BCUT2D eigenvalue weighted by Gasteiger charge is -2.15. The first-order valence-electron chi connectivity index (χ1n) is 8.48. The van der Waals surface area contributed by atoms with Gasteiger partial charge in [0.1, 0.15) is 27.9 Å². The third-order valence-electron chi connectivity index (χ3n) is 3.98. The molecular weight excluding hydrogens is 374 g/mol. The molecule has 0 radical (unpaired) electrons. The average Bonchev–Trinajstić information content (AvgIpc) is 2.64. The Kier molecular flexibility index (Phi) is 6.03. The maximum absolute atomic E-state index is 14.1. The third kappa shape index (κ3) is 4.61. The number of hydrogen-bond acceptors (Lipinski definition) is 5. The van der Waals surface area contributed by atoms with E-state index < -0.39 is 5.82 Å². The average molecular weight is 393 g/mol. The van der Waals surface area contributed by atoms with Crippen LogP contribution in [0.4, 0.5) is 14.5 Å². The molecule has 3 aromatic rings. The summed E-state index contributed by atoms with van der Waals surface area (Å²) in [6.07, 6.45) is 1.73. The van der Waals surface area contributed by atoms with E-state index in [0.717, 1.165) is 6.20 Å². The van der Waals surface area contributed by atoms with Crippen molar-refractivity contribution in [3.63, 3.8) is 0 Å². The normalized spacial score (nSPS) is 12.2. The van der Waals surface area contributed by atoms with Crippen molar-refractivity contribution in [1.82, 2.24) is 9.97 Å². The van der Waals surface area contributed by atoms with Crippen molar-refractivity contribution < 1.29 is 13.5 Å². The lowest BCUT2D eigenvalue weighted by molar-refractivity contribution is 0.309. The van der Waals surface area contributed by atoms with Gasteiger partial charge in [-0.1, -0.05) is 11.6 Å². The minimum atomic E-state index is -0.504. The lowest BCUT2D eigenvalue weighted by Crippen LogP contribution is -2.12. The van der Waals surface area contributed by atoms with Crippen LogP contribution in [0.5, 0.6) is 5.75 Å². The highest BCUT2D eigenvalue weighted by Gasteiger charge is 2.12. The van der Waals surface area contributed by atoms with Crippen LogP contribution in [0, 0.1) is 11.6 Å². The Morgan fingerprint density at radius 1 is 1.26 bits per heavy atom. The molecule has 3 N–H and O–H groups in total. The number of nitrogens with zero attached hydrogens (tertiary/aromatic N) is 2. The van der Waals surface area contributed by atoms with Crippen LogP contribution < -0.4 is 15.8 Å². The van der Waals surface area contributed by atoms with Crippen molar-refractivity contribution in [1.29, 1.82) is 0 Å². The van der Waals surface area contributed by atoms with Crippen molar-refractivity contribution in [2.45, 2.75) is 19.4 Å². The fraction of sp³-hybridized carbons (Fsp3) is 0.263. The largest absolute Gasteiger partial charge is 0.493 e. The molecule has 1 aromatic carbocycles. The molecule has 8 heteroatoms. The summed E-state index contributed by atoms with van der Waals surface area (Å²) >= 11 is 5.90. The predicted molar refractivity (Wildman–Crippen MR) is 102 cm³/mol. The van der Waals surface area contributed by atoms with Gasteiger partial charge in [-0.3, -0.25) is 4.98 Å². The van der Waals surface area contributed by atoms with E-state index in [4.69, 9.17) is 22.1 Å². The van der Waals surface area contributed by atoms with E-state index in [2.05, 4.69) is 15.3 Å². The quantitative estimate of drug-likeness (QED) is 0.458. The van der Waals surface area contributed by atoms with Crippen molar-refractivity contribution in [2.24, 2.45) is 5.73 Å². The third-order valence-corrected chi connectivity index (χ3v) is 4.19. The fourth-order valence-electron chi connectivity index (χ4n) is 2.66. The van der Waals surface area contributed by atoms with Gasteiger partial charge in [0, 0.05) is 18.2 Å². The Hall–Kier alpha value is -2.51. The van der Waals surface area contributed by atoms with Gasteiger partial charge in [-0.25, -0.2) is 13.8 Å². The molecule has 142 valence electrons. The van der Waals surface area contributed by atoms with E-state index in [1.165, 1.54) is 12.1 Å². The zero-order valence-corrected chi connectivity index (χ0v) is 15.4. The van der Waals surface area contributed by atoms with Gasteiger partial charge in [0.05, 0.1) is 18.3 Å². The Balaban J connectivity index is 1.61. The lowest BCUT2D eigenvalue weighted by atomic mass is 10.1. The van der Waals surface area contributed by atoms with E-state index in [0.29, 0.717) is 41.9 Å². The number of ether oxygens (including phenoxy) is 1. The monoisotopic (exact) mass is 392 g/mol. The summed E-state index contributed by atoms with van der Waals surface area (Å²) in [4.78, 5) is 8.14. The van der Waals surface area contributed by atoms with Crippen LogP contribution in [0.15, 0.2) is 36.5 Å². The second-order valence-corrected chi connectivity index (χ2v) is 6.47. The van der Waals surface area contributed by atoms with E-state index >= 15 is 0 Å². The zero-order chi connectivity index (χ0) is 19.4. The van der Waals surface area contributed by atoms with Gasteiger partial charge < -0.3 is 15.8 Å². The topological polar surface area (TPSA) is 73.1 Å². The van der Waals surface area contributed by atoms with Crippen LogP contribution >= 0.6 is 11.6 Å². The van der Waals surface area contributed by atoms with Crippen LogP contribution in [0.2, 0.25) is 5.15 Å². The molecule has 1 atom stereocenters. The second-order valence-electron chi connectivity index (χ2n) is 6.08. The summed E-state index contributed by atoms with van der Waals surface area (Å²) in [6.45, 7) is 2.56. The molecular formula is C19H19ClF2N4O. The van der Waals surface area contributed by atoms with Crippen LogP contribution in [0.3, 0.4) is 0 Å². The molecule has 27 heavy (non-hydrogen) atoms. The molecule has 0 saturated carbocycles. The number of fused-ring (bicyclic) bond motifs is 1. The first-order valence-corrected chi connectivity index (χ1v) is 8.86. The maximum atomic E-state index is 14.1. The summed E-state index contributed by atoms with van der Waals surface area (Å²) in [7, 11) is 0. The minimum absolute atomic E-state index is 0.251. The molecule has 0 bridgehead atoms. The SMILES string of the molecule is C[C@@H](N)c1cc(F)ccc1OCCCNc1c(F)cnc2ccc(Cl)nc12. The van der Waals surface area contributed by atoms with Gasteiger partial charge in [0.2, 0.25) is 0 Å². The second kappa shape index (κ2) is 8.45. The van der Waals surface area contributed by atoms with E-state index in [1.54, 1.807) is 25.1 Å². The van der Waals surface area contributed by atoms with Crippen LogP contribution in [0.25, 0.3) is 11.0 Å². The first kappa shape index (κ1) is 19.3. The standard InChI is InChI=1S/C19H19ClF2N4O/c1-11(23)13-9-12(21)3-5-16(13)27-8-2-7-24-18-14(22)10-25-15-4-6-17(20)26-19(15)18/h3-6,9-11H,2,7-8,23H2,1H3,(H,24,25)/t11-/m1/s1. The summed E-state index contributed by atoms with van der Waals surface area (Å²) in [5, 5.41) is 3.28. The minimum Gasteiger partial charge on any atom is -0.493 e. The predicted octanol–water partition coefficient (Wildman–Crippen LogP) is 4.46. The number of nitrogens with two attached hydrogens (primary N) is 1. The number of nitrogens with one attached hydrogen (secondary N) is 1. The Labute approximate surface area is 160 Å². The number of hydrogen-bond donors (Lipinski definition) is 2. The van der Waals surface area contributed by atoms with Gasteiger partial charge in [0.25, 0.3) is 0 Å². The number of anilines is 1. The number of benzene rings is 1. The highest BCUT2D eigenvalue weighted by atomic mass is 35.5. The van der Waals surface area contributed by atoms with Gasteiger partial charge in [-0.15, -0.1) is 0 Å². The molecule has 0 unspecified atom stereocenters. The molecule has 0 aliphatic rings. The molecule has 0 amide bonds. The number of rotatable bonds is 7. The highest BCUT2D eigenvalue weighted by molar-refractivity contribution is 6.29. The van der Waals surface area contributed by atoms with Crippen LogP contribution in [0.1, 0.15) is 24.9 Å². The molecule has 0 saturated heterocycles. The fourth-order valence-corrected chi connectivity index (χ4v) is 2.81. The van der Waals surface area contributed by atoms with Gasteiger partial charge in [-0.05, 0) is 43.7 Å². The molecule has 0 aliphatic carbocycles. The molecule has 0 aliphatic heterocycles. The number of pyridine rings is 2. The van der Waals surface area contributed by atoms with Gasteiger partial charge >= 0.3 is 0 Å². The Morgan fingerprint density at radius 3 is 2.85 bits per heavy atom. The number of aromatic nitrogens is 2. The summed E-state index contributed by atoms with van der Waals surface area (Å²) < 4.78 is 33.2. The summed E-state index contributed by atoms with van der Waals surface area (Å²) in [6, 6.07) is 7.19. The summed E-state index contributed by atoms with van der Waals surface area (Å²) in [5.41, 5.74) is 7.63. The van der Waals surface area contributed by atoms with E-state index in [9.17, 15) is 8.78 Å². The zero-order valence-electron chi connectivity index (χ0n) is 14.7. The number of halogens is 3. The summed E-state index contributed by atoms with van der Waals surface area (Å²) in [5.74, 6) is -0.320. The Morgan fingerprint density at radius 2 is 2.07 bits per heavy atom. The van der Waals surface area contributed by atoms with Gasteiger partial charge in [0.15, 0.2) is 5.82 Å². The van der Waals surface area contributed by atoms with E-state index in [-0.39, 0.29) is 22.7 Å². The van der Waals surface area contributed by atoms with Crippen LogP contribution in [-0.4, -0.2) is 23.1 Å². The highest BCUT2D eigenvalue weighted by Crippen LogP contribution is 2.26. The van der Waals surface area contributed by atoms with E-state index in [1.807, 2.05) is 0 Å². The van der Waals surface area contributed by atoms with Crippen LogP contribution in [-0.2, 0) is 0 Å². The Bertz CT molecular complexity index is 947. The molecule has 2 aromatic heterocycles. The maximum Gasteiger partial charge on any atom is 0.166 e. The van der Waals surface area contributed by atoms with Crippen molar-refractivity contribution in [3.05, 3.63) is 58.9 Å². The van der Waals surface area contributed by atoms with Crippen molar-refractivity contribution in [2.75, 3.05) is 18.5 Å². The van der Waals surface area contributed by atoms with Crippen molar-refractivity contribution in [3.8, 4) is 5.75 Å².